The van der Waals surface area contributed by atoms with Crippen molar-refractivity contribution in [2.45, 2.75) is 13.3 Å². The van der Waals surface area contributed by atoms with E-state index >= 15 is 0 Å². The molecule has 0 bridgehead atoms. The lowest BCUT2D eigenvalue weighted by atomic mass is 10.0. The number of aromatic nitrogens is 2. The number of anilines is 3. The van der Waals surface area contributed by atoms with Crippen LogP contribution in [0.25, 0.3) is 22.9 Å². The number of hydrogen-bond acceptors (Lipinski definition) is 4. The van der Waals surface area contributed by atoms with Crippen LogP contribution in [-0.2, 0) is 0 Å². The summed E-state index contributed by atoms with van der Waals surface area (Å²) in [6.07, 6.45) is 8.26. The van der Waals surface area contributed by atoms with E-state index in [1.165, 1.54) is 20.8 Å². The Morgan fingerprint density at radius 3 is 1.40 bits per heavy atom. The van der Waals surface area contributed by atoms with E-state index < -0.39 is 8.07 Å². The van der Waals surface area contributed by atoms with Crippen LogP contribution in [0.5, 0.6) is 0 Å². The van der Waals surface area contributed by atoms with Gasteiger partial charge in [0.1, 0.15) is 0 Å². The van der Waals surface area contributed by atoms with Crippen LogP contribution in [0.1, 0.15) is 13.3 Å². The first-order valence-corrected chi connectivity index (χ1v) is 19.1. The molecule has 1 atom stereocenters. The van der Waals surface area contributed by atoms with E-state index in [1.54, 1.807) is 0 Å². The maximum absolute atomic E-state index is 6.30. The van der Waals surface area contributed by atoms with Gasteiger partial charge < -0.3 is 9.32 Å². The van der Waals surface area contributed by atoms with Crippen molar-refractivity contribution in [2.24, 2.45) is 5.92 Å². The van der Waals surface area contributed by atoms with Crippen LogP contribution in [-0.4, -0.2) is 18.3 Å². The van der Waals surface area contributed by atoms with E-state index in [4.69, 9.17) is 4.42 Å². The highest BCUT2D eigenvalue weighted by atomic mass is 28.3. The molecule has 1 heterocycles. The number of benzene rings is 6. The predicted molar refractivity (Wildman–Crippen MR) is 208 cm³/mol. The van der Waals surface area contributed by atoms with Gasteiger partial charge in [-0.1, -0.05) is 134 Å². The maximum Gasteiger partial charge on any atom is 0.248 e. The molecule has 6 aromatic carbocycles. The second-order valence-electron chi connectivity index (χ2n) is 12.8. The third-order valence-corrected chi connectivity index (χ3v) is 14.4. The van der Waals surface area contributed by atoms with Crippen molar-refractivity contribution in [2.75, 3.05) is 4.90 Å². The van der Waals surface area contributed by atoms with Gasteiger partial charge in [0, 0.05) is 28.2 Å². The SMILES string of the molecule is CC1C=CC([Si](c2ccccc2)(c2ccccc2)c2ccc(-c3nnc(-c4ccc(N(c5ccccc5)c5ccccc5)cc4)o3)cc2)=CC1. The van der Waals surface area contributed by atoms with Crippen LogP contribution in [0, 0.1) is 5.92 Å². The topological polar surface area (TPSA) is 42.2 Å². The molecule has 0 amide bonds. The smallest absolute Gasteiger partial charge is 0.248 e. The zero-order valence-electron chi connectivity index (χ0n) is 27.9. The number of hydrogen-bond donors (Lipinski definition) is 0. The van der Waals surface area contributed by atoms with E-state index in [2.05, 4.69) is 186 Å². The lowest BCUT2D eigenvalue weighted by molar-refractivity contribution is 0.584. The molecular formula is C45H37N3OSi. The molecule has 50 heavy (non-hydrogen) atoms. The Morgan fingerprint density at radius 1 is 0.520 bits per heavy atom. The summed E-state index contributed by atoms with van der Waals surface area (Å²) in [5.41, 5.74) is 4.99. The fourth-order valence-electron chi connectivity index (χ4n) is 7.06. The Labute approximate surface area is 294 Å². The van der Waals surface area contributed by atoms with Gasteiger partial charge in [-0.05, 0) is 93.8 Å². The Balaban J connectivity index is 1.13. The van der Waals surface area contributed by atoms with Gasteiger partial charge in [-0.15, -0.1) is 10.2 Å². The summed E-state index contributed by atoms with van der Waals surface area (Å²) in [5, 5.41) is 14.4. The summed E-state index contributed by atoms with van der Waals surface area (Å²) in [5.74, 6) is 1.53. The van der Waals surface area contributed by atoms with Gasteiger partial charge in [0.25, 0.3) is 0 Å². The molecule has 0 fully saturated rings. The third-order valence-electron chi connectivity index (χ3n) is 9.55. The lowest BCUT2D eigenvalue weighted by Gasteiger charge is -2.36. The zero-order valence-corrected chi connectivity index (χ0v) is 28.9. The first kappa shape index (κ1) is 31.2. The van der Waals surface area contributed by atoms with Gasteiger partial charge in [-0.2, -0.15) is 0 Å². The largest absolute Gasteiger partial charge is 0.416 e. The minimum Gasteiger partial charge on any atom is -0.416 e. The average molecular weight is 664 g/mol. The number of allylic oxidation sites excluding steroid dienone is 4. The van der Waals surface area contributed by atoms with Crippen molar-refractivity contribution >= 4 is 40.7 Å². The zero-order chi connectivity index (χ0) is 33.8. The predicted octanol–water partition coefficient (Wildman–Crippen LogP) is 9.41. The molecule has 0 saturated heterocycles. The minimum absolute atomic E-state index is 0.491. The normalized spacial score (nSPS) is 14.3. The van der Waals surface area contributed by atoms with Crippen molar-refractivity contribution in [1.29, 1.82) is 0 Å². The quantitative estimate of drug-likeness (QED) is 0.114. The molecule has 1 aliphatic rings. The van der Waals surface area contributed by atoms with Crippen molar-refractivity contribution in [3.63, 3.8) is 0 Å². The molecule has 0 N–H and O–H groups in total. The van der Waals surface area contributed by atoms with Crippen LogP contribution in [0.15, 0.2) is 198 Å². The van der Waals surface area contributed by atoms with Crippen LogP contribution in [0.2, 0.25) is 0 Å². The Bertz CT molecular complexity index is 2150. The summed E-state index contributed by atoms with van der Waals surface area (Å²) in [7, 11) is -2.58. The number of rotatable bonds is 9. The van der Waals surface area contributed by atoms with Crippen LogP contribution in [0.4, 0.5) is 17.1 Å². The van der Waals surface area contributed by atoms with Crippen molar-refractivity contribution in [1.82, 2.24) is 10.2 Å². The summed E-state index contributed by atoms with van der Waals surface area (Å²) in [6.45, 7) is 2.28. The molecule has 4 nitrogen and oxygen atoms in total. The molecule has 5 heteroatoms. The van der Waals surface area contributed by atoms with E-state index in [0.29, 0.717) is 17.7 Å². The number of nitrogens with zero attached hydrogens (tertiary/aromatic N) is 3. The molecule has 1 aromatic heterocycles. The second-order valence-corrected chi connectivity index (χ2v) is 16.6. The number of para-hydroxylation sites is 2. The molecule has 0 saturated carbocycles. The van der Waals surface area contributed by atoms with Crippen molar-refractivity contribution < 1.29 is 4.42 Å². The molecule has 8 rings (SSSR count). The Kier molecular flexibility index (Phi) is 8.64. The van der Waals surface area contributed by atoms with E-state index in [0.717, 1.165) is 34.6 Å². The lowest BCUT2D eigenvalue weighted by Crippen LogP contribution is -2.68. The highest BCUT2D eigenvalue weighted by Gasteiger charge is 2.42. The van der Waals surface area contributed by atoms with E-state index in [1.807, 2.05) is 24.3 Å². The van der Waals surface area contributed by atoms with Crippen LogP contribution < -0.4 is 20.5 Å². The third kappa shape index (κ3) is 5.93. The van der Waals surface area contributed by atoms with Gasteiger partial charge in [0.2, 0.25) is 11.8 Å². The fourth-order valence-corrected chi connectivity index (χ4v) is 11.9. The average Bonchev–Trinajstić information content (AvgIpc) is 3.69. The maximum atomic E-state index is 6.30. The van der Waals surface area contributed by atoms with Crippen molar-refractivity contribution in [3.05, 3.63) is 193 Å². The Hall–Kier alpha value is -6.04. The first-order chi connectivity index (χ1) is 24.7. The molecule has 1 unspecified atom stereocenters. The monoisotopic (exact) mass is 663 g/mol. The molecule has 0 aliphatic heterocycles. The summed E-state index contributed by atoms with van der Waals surface area (Å²) >= 11 is 0. The van der Waals surface area contributed by atoms with Crippen LogP contribution in [0.3, 0.4) is 0 Å². The first-order valence-electron chi connectivity index (χ1n) is 17.1. The molecule has 0 spiro atoms. The highest BCUT2D eigenvalue weighted by molar-refractivity contribution is 7.16. The summed E-state index contributed by atoms with van der Waals surface area (Å²) in [6, 6.07) is 59.9. The summed E-state index contributed by atoms with van der Waals surface area (Å²) in [4.78, 5) is 2.23. The molecule has 0 radical (unpaired) electrons. The van der Waals surface area contributed by atoms with Gasteiger partial charge in [0.05, 0.1) is 0 Å². The summed E-state index contributed by atoms with van der Waals surface area (Å²) < 4.78 is 6.30. The standard InChI is InChI=1S/C45H37N3OSi/c1-34-22-30-42(31-23-34)50(40-18-10-4-11-19-40,41-20-12-5-13-21-41)43-32-26-36(27-33-43)45-47-46-44(49-45)35-24-28-39(29-25-35)48(37-14-6-2-7-15-37)38-16-8-3-9-17-38/h2-22,24-34H,23H2,1H3. The van der Waals surface area contributed by atoms with Gasteiger partial charge in [-0.25, -0.2) is 0 Å². The molecule has 242 valence electrons. The Morgan fingerprint density at radius 2 is 0.940 bits per heavy atom. The van der Waals surface area contributed by atoms with E-state index in [-0.39, 0.29) is 0 Å². The highest BCUT2D eigenvalue weighted by Crippen LogP contribution is 2.35. The van der Waals surface area contributed by atoms with Gasteiger partial charge in [0.15, 0.2) is 8.07 Å². The second kappa shape index (κ2) is 13.8. The van der Waals surface area contributed by atoms with E-state index in [9.17, 15) is 0 Å². The molecule has 7 aromatic rings. The van der Waals surface area contributed by atoms with Gasteiger partial charge >= 0.3 is 0 Å². The van der Waals surface area contributed by atoms with Gasteiger partial charge in [-0.3, -0.25) is 0 Å². The van der Waals surface area contributed by atoms with Crippen molar-refractivity contribution in [3.8, 4) is 22.9 Å². The molecular weight excluding hydrogens is 627 g/mol. The van der Waals surface area contributed by atoms with Crippen LogP contribution >= 0.6 is 0 Å². The minimum atomic E-state index is -2.58. The molecule has 1 aliphatic carbocycles. The fraction of sp³-hybridized carbons (Fsp3) is 0.0667.